The summed E-state index contributed by atoms with van der Waals surface area (Å²) in [5, 5.41) is 9.79. The third-order valence-corrected chi connectivity index (χ3v) is 5.49. The number of ether oxygens (including phenoxy) is 1. The standard InChI is InChI=1S/C21H27NO2/c1-17-16-22(13-14-24-20-9-4-3-5-10-20)12-11-21(17,2)18-7-6-8-19(23)15-18/h3-10,15,17,23H,11-14,16H2,1-2H3/t17-,21+/m1/s1. The van der Waals surface area contributed by atoms with Crippen LogP contribution < -0.4 is 4.74 Å². The number of benzene rings is 2. The van der Waals surface area contributed by atoms with Crippen LogP contribution in [0, 0.1) is 5.92 Å². The lowest BCUT2D eigenvalue weighted by Gasteiger charge is -2.45. The lowest BCUT2D eigenvalue weighted by atomic mass is 9.68. The van der Waals surface area contributed by atoms with E-state index in [1.54, 1.807) is 6.07 Å². The Morgan fingerprint density at radius 3 is 2.67 bits per heavy atom. The topological polar surface area (TPSA) is 32.7 Å². The molecule has 3 nitrogen and oxygen atoms in total. The van der Waals surface area contributed by atoms with E-state index in [1.807, 2.05) is 42.5 Å². The third kappa shape index (κ3) is 3.73. The number of hydrogen-bond acceptors (Lipinski definition) is 3. The Morgan fingerprint density at radius 2 is 1.96 bits per heavy atom. The number of piperidine rings is 1. The number of phenols is 1. The molecule has 0 bridgehead atoms. The van der Waals surface area contributed by atoms with Gasteiger partial charge in [-0.05, 0) is 54.1 Å². The Balaban J connectivity index is 1.55. The fraction of sp³-hybridized carbons (Fsp3) is 0.429. The van der Waals surface area contributed by atoms with E-state index in [0.717, 1.165) is 38.4 Å². The van der Waals surface area contributed by atoms with E-state index in [-0.39, 0.29) is 5.41 Å². The van der Waals surface area contributed by atoms with Crippen molar-refractivity contribution < 1.29 is 9.84 Å². The Bertz CT molecular complexity index is 658. The number of aromatic hydroxyl groups is 1. The Labute approximate surface area is 144 Å². The van der Waals surface area contributed by atoms with Crippen LogP contribution in [0.4, 0.5) is 0 Å². The first-order valence-electron chi connectivity index (χ1n) is 8.77. The summed E-state index contributed by atoms with van der Waals surface area (Å²) in [6.07, 6.45) is 1.10. The fourth-order valence-corrected chi connectivity index (χ4v) is 3.62. The number of rotatable bonds is 5. The van der Waals surface area contributed by atoms with Crippen LogP contribution in [0.5, 0.6) is 11.5 Å². The summed E-state index contributed by atoms with van der Waals surface area (Å²) in [5.74, 6) is 1.83. The van der Waals surface area contributed by atoms with Crippen LogP contribution in [0.3, 0.4) is 0 Å². The molecule has 0 aromatic heterocycles. The van der Waals surface area contributed by atoms with Crippen molar-refractivity contribution in [3.8, 4) is 11.5 Å². The number of para-hydroxylation sites is 1. The van der Waals surface area contributed by atoms with Crippen molar-refractivity contribution in [1.82, 2.24) is 4.90 Å². The fourth-order valence-electron chi connectivity index (χ4n) is 3.62. The third-order valence-electron chi connectivity index (χ3n) is 5.49. The summed E-state index contributed by atoms with van der Waals surface area (Å²) in [4.78, 5) is 2.48. The van der Waals surface area contributed by atoms with Crippen LogP contribution in [-0.4, -0.2) is 36.2 Å². The van der Waals surface area contributed by atoms with Crippen molar-refractivity contribution in [2.45, 2.75) is 25.7 Å². The summed E-state index contributed by atoms with van der Waals surface area (Å²) in [7, 11) is 0. The molecule has 1 saturated heterocycles. The van der Waals surface area contributed by atoms with Crippen molar-refractivity contribution in [3.63, 3.8) is 0 Å². The van der Waals surface area contributed by atoms with Crippen molar-refractivity contribution in [2.24, 2.45) is 5.92 Å². The van der Waals surface area contributed by atoms with E-state index >= 15 is 0 Å². The van der Waals surface area contributed by atoms with Crippen molar-refractivity contribution >= 4 is 0 Å². The molecule has 128 valence electrons. The minimum atomic E-state index is 0.121. The molecule has 3 heteroatoms. The van der Waals surface area contributed by atoms with Gasteiger partial charge in [-0.3, -0.25) is 4.90 Å². The largest absolute Gasteiger partial charge is 0.508 e. The predicted molar refractivity (Wildman–Crippen MR) is 97.6 cm³/mol. The Kier molecular flexibility index (Phi) is 5.10. The Hall–Kier alpha value is -2.00. The second-order valence-electron chi connectivity index (χ2n) is 7.08. The molecule has 1 aliphatic heterocycles. The second-order valence-corrected chi connectivity index (χ2v) is 7.08. The van der Waals surface area contributed by atoms with Gasteiger partial charge in [0, 0.05) is 13.1 Å². The molecule has 0 spiro atoms. The lowest BCUT2D eigenvalue weighted by Crippen LogP contribution is -2.48. The molecule has 1 aliphatic rings. The van der Waals surface area contributed by atoms with Gasteiger partial charge in [-0.25, -0.2) is 0 Å². The van der Waals surface area contributed by atoms with Gasteiger partial charge in [-0.2, -0.15) is 0 Å². The molecule has 0 saturated carbocycles. The van der Waals surface area contributed by atoms with Gasteiger partial charge in [-0.1, -0.05) is 44.2 Å². The monoisotopic (exact) mass is 325 g/mol. The summed E-state index contributed by atoms with van der Waals surface area (Å²) >= 11 is 0. The van der Waals surface area contributed by atoms with Gasteiger partial charge in [0.1, 0.15) is 18.1 Å². The van der Waals surface area contributed by atoms with Gasteiger partial charge in [0.2, 0.25) is 0 Å². The molecule has 1 N–H and O–H groups in total. The van der Waals surface area contributed by atoms with Crippen LogP contribution in [0.15, 0.2) is 54.6 Å². The average Bonchev–Trinajstić information content (AvgIpc) is 2.59. The highest BCUT2D eigenvalue weighted by molar-refractivity contribution is 5.33. The zero-order valence-electron chi connectivity index (χ0n) is 14.6. The van der Waals surface area contributed by atoms with Gasteiger partial charge in [0.15, 0.2) is 0 Å². The molecular formula is C21H27NO2. The quantitative estimate of drug-likeness (QED) is 0.899. The van der Waals surface area contributed by atoms with E-state index in [2.05, 4.69) is 24.8 Å². The minimum Gasteiger partial charge on any atom is -0.508 e. The number of phenolic OH excluding ortho intramolecular Hbond substituents is 1. The van der Waals surface area contributed by atoms with Crippen molar-refractivity contribution in [3.05, 3.63) is 60.2 Å². The molecule has 0 aliphatic carbocycles. The van der Waals surface area contributed by atoms with Crippen LogP contribution in [0.2, 0.25) is 0 Å². The summed E-state index contributed by atoms with van der Waals surface area (Å²) in [6, 6.07) is 17.8. The molecule has 2 atom stereocenters. The van der Waals surface area contributed by atoms with Gasteiger partial charge < -0.3 is 9.84 Å². The molecule has 1 heterocycles. The van der Waals surface area contributed by atoms with Crippen LogP contribution in [0.1, 0.15) is 25.8 Å². The zero-order chi connectivity index (χ0) is 17.0. The number of nitrogens with zero attached hydrogens (tertiary/aromatic N) is 1. The van der Waals surface area contributed by atoms with E-state index in [0.29, 0.717) is 11.7 Å². The van der Waals surface area contributed by atoms with E-state index in [4.69, 9.17) is 4.74 Å². The molecule has 2 aromatic carbocycles. The first kappa shape index (κ1) is 16.8. The van der Waals surface area contributed by atoms with E-state index in [9.17, 15) is 5.11 Å². The minimum absolute atomic E-state index is 0.121. The zero-order valence-corrected chi connectivity index (χ0v) is 14.6. The first-order valence-corrected chi connectivity index (χ1v) is 8.77. The van der Waals surface area contributed by atoms with Gasteiger partial charge in [0.25, 0.3) is 0 Å². The lowest BCUT2D eigenvalue weighted by molar-refractivity contribution is 0.0969. The summed E-state index contributed by atoms with van der Waals surface area (Å²) in [6.45, 7) is 8.44. The van der Waals surface area contributed by atoms with Crippen LogP contribution in [-0.2, 0) is 5.41 Å². The smallest absolute Gasteiger partial charge is 0.119 e. The Morgan fingerprint density at radius 1 is 1.17 bits per heavy atom. The van der Waals surface area contributed by atoms with Crippen molar-refractivity contribution in [1.29, 1.82) is 0 Å². The van der Waals surface area contributed by atoms with Gasteiger partial charge in [0.05, 0.1) is 0 Å². The molecule has 0 amide bonds. The normalized spacial score (nSPS) is 24.7. The molecule has 3 rings (SSSR count). The highest BCUT2D eigenvalue weighted by Gasteiger charge is 2.37. The van der Waals surface area contributed by atoms with Gasteiger partial charge in [-0.15, -0.1) is 0 Å². The van der Waals surface area contributed by atoms with E-state index < -0.39 is 0 Å². The maximum absolute atomic E-state index is 9.79. The van der Waals surface area contributed by atoms with Crippen LogP contribution >= 0.6 is 0 Å². The second kappa shape index (κ2) is 7.27. The predicted octanol–water partition coefficient (Wildman–Crippen LogP) is 4.07. The molecule has 24 heavy (non-hydrogen) atoms. The van der Waals surface area contributed by atoms with Crippen LogP contribution in [0.25, 0.3) is 0 Å². The van der Waals surface area contributed by atoms with E-state index in [1.165, 1.54) is 5.56 Å². The molecule has 0 radical (unpaired) electrons. The molecular weight excluding hydrogens is 298 g/mol. The highest BCUT2D eigenvalue weighted by atomic mass is 16.5. The molecule has 2 aromatic rings. The highest BCUT2D eigenvalue weighted by Crippen LogP contribution is 2.40. The maximum Gasteiger partial charge on any atom is 0.119 e. The summed E-state index contributed by atoms with van der Waals surface area (Å²) < 4.78 is 5.82. The first-order chi connectivity index (χ1) is 11.6. The molecule has 0 unspecified atom stereocenters. The SMILES string of the molecule is C[C@@H]1CN(CCOc2ccccc2)CC[C@]1(C)c1cccc(O)c1. The number of hydrogen-bond donors (Lipinski definition) is 1. The number of likely N-dealkylation sites (tertiary alicyclic amines) is 1. The summed E-state index contributed by atoms with van der Waals surface area (Å²) in [5.41, 5.74) is 1.37. The molecule has 1 fully saturated rings. The van der Waals surface area contributed by atoms with Gasteiger partial charge >= 0.3 is 0 Å². The maximum atomic E-state index is 9.79. The average molecular weight is 325 g/mol. The van der Waals surface area contributed by atoms with Crippen molar-refractivity contribution in [2.75, 3.05) is 26.2 Å².